The van der Waals surface area contributed by atoms with Crippen LogP contribution < -0.4 is 5.32 Å². The van der Waals surface area contributed by atoms with Crippen molar-refractivity contribution in [3.05, 3.63) is 23.7 Å². The summed E-state index contributed by atoms with van der Waals surface area (Å²) in [6, 6.07) is 3.87. The zero-order valence-electron chi connectivity index (χ0n) is 13.3. The quantitative estimate of drug-likeness (QED) is 0.842. The van der Waals surface area contributed by atoms with Crippen LogP contribution in [0.2, 0.25) is 0 Å². The van der Waals surface area contributed by atoms with Gasteiger partial charge in [-0.05, 0) is 31.0 Å². The molecule has 2 N–H and O–H groups in total. The van der Waals surface area contributed by atoms with E-state index in [4.69, 9.17) is 13.9 Å². The average molecular weight is 297 g/mol. The minimum absolute atomic E-state index is 0.0329. The monoisotopic (exact) mass is 297 g/mol. The summed E-state index contributed by atoms with van der Waals surface area (Å²) in [5.41, 5.74) is 0. The van der Waals surface area contributed by atoms with E-state index in [9.17, 15) is 5.11 Å². The van der Waals surface area contributed by atoms with Crippen LogP contribution in [-0.2, 0) is 22.6 Å². The first kappa shape index (κ1) is 16.5. The van der Waals surface area contributed by atoms with Crippen molar-refractivity contribution < 1.29 is 19.0 Å². The third kappa shape index (κ3) is 3.86. The van der Waals surface area contributed by atoms with Crippen LogP contribution in [0.15, 0.2) is 16.5 Å². The second-order valence-electron chi connectivity index (χ2n) is 6.01. The van der Waals surface area contributed by atoms with Gasteiger partial charge in [0.1, 0.15) is 18.1 Å². The number of hydrogen-bond acceptors (Lipinski definition) is 5. The van der Waals surface area contributed by atoms with Gasteiger partial charge in [-0.25, -0.2) is 0 Å². The van der Waals surface area contributed by atoms with E-state index in [-0.39, 0.29) is 24.9 Å². The van der Waals surface area contributed by atoms with E-state index >= 15 is 0 Å². The van der Waals surface area contributed by atoms with Crippen molar-refractivity contribution in [2.75, 3.05) is 13.7 Å². The molecule has 1 aliphatic rings. The highest BCUT2D eigenvalue weighted by molar-refractivity contribution is 5.06. The molecular formula is C16H27NO4. The summed E-state index contributed by atoms with van der Waals surface area (Å²) >= 11 is 0. The summed E-state index contributed by atoms with van der Waals surface area (Å²) < 4.78 is 17.4. The third-order valence-corrected chi connectivity index (χ3v) is 4.62. The second kappa shape index (κ2) is 7.40. The van der Waals surface area contributed by atoms with Gasteiger partial charge < -0.3 is 24.3 Å². The van der Waals surface area contributed by atoms with E-state index in [0.717, 1.165) is 11.5 Å². The maximum Gasteiger partial charge on any atom is 0.161 e. The van der Waals surface area contributed by atoms with Crippen LogP contribution in [0.4, 0.5) is 0 Å². The molecule has 1 saturated heterocycles. The first-order valence-corrected chi connectivity index (χ1v) is 7.67. The number of aliphatic hydroxyl groups is 1. The van der Waals surface area contributed by atoms with Crippen molar-refractivity contribution in [1.82, 2.24) is 5.32 Å². The van der Waals surface area contributed by atoms with Gasteiger partial charge in [0.25, 0.3) is 0 Å². The van der Waals surface area contributed by atoms with Gasteiger partial charge in [-0.15, -0.1) is 0 Å². The lowest BCUT2D eigenvalue weighted by molar-refractivity contribution is -0.259. The first-order chi connectivity index (χ1) is 10.1. The van der Waals surface area contributed by atoms with Gasteiger partial charge in [-0.1, -0.05) is 20.8 Å². The van der Waals surface area contributed by atoms with Crippen LogP contribution in [0.3, 0.4) is 0 Å². The number of hydrogen-bond donors (Lipinski definition) is 2. The molecular weight excluding hydrogens is 270 g/mol. The van der Waals surface area contributed by atoms with Gasteiger partial charge in [0, 0.05) is 5.92 Å². The lowest BCUT2D eigenvalue weighted by Gasteiger charge is -2.42. The van der Waals surface area contributed by atoms with E-state index in [0.29, 0.717) is 25.0 Å². The van der Waals surface area contributed by atoms with E-state index < -0.39 is 0 Å². The normalized spacial score (nSPS) is 33.3. The molecule has 5 nitrogen and oxygen atoms in total. The molecule has 5 atom stereocenters. The van der Waals surface area contributed by atoms with Gasteiger partial charge in [0.2, 0.25) is 0 Å². The smallest absolute Gasteiger partial charge is 0.161 e. The fourth-order valence-electron chi connectivity index (χ4n) is 2.82. The lowest BCUT2D eigenvalue weighted by Crippen LogP contribution is -2.47. The molecule has 5 heteroatoms. The Bertz CT molecular complexity index is 432. The molecule has 0 spiro atoms. The largest absolute Gasteiger partial charge is 0.462 e. The van der Waals surface area contributed by atoms with Crippen molar-refractivity contribution in [3.63, 3.8) is 0 Å². The van der Waals surface area contributed by atoms with E-state index in [1.54, 1.807) is 0 Å². The molecule has 0 bridgehead atoms. The third-order valence-electron chi connectivity index (χ3n) is 4.62. The van der Waals surface area contributed by atoms with Gasteiger partial charge in [-0.3, -0.25) is 0 Å². The predicted octanol–water partition coefficient (Wildman–Crippen LogP) is 2.14. The van der Waals surface area contributed by atoms with Crippen LogP contribution in [-0.4, -0.2) is 31.2 Å². The van der Waals surface area contributed by atoms with Crippen LogP contribution in [0, 0.1) is 17.8 Å². The van der Waals surface area contributed by atoms with E-state index in [2.05, 4.69) is 26.1 Å². The fraction of sp³-hybridized carbons (Fsp3) is 0.750. The van der Waals surface area contributed by atoms with Crippen LogP contribution in [0.5, 0.6) is 0 Å². The number of ether oxygens (including phenoxy) is 2. The SMILES string of the molecule is CNCc1ccc(CO[C@H]2O[C@H](CO)[C@@H](C)[C@H](C)[C@H]2C)o1. The Balaban J connectivity index is 1.91. The maximum absolute atomic E-state index is 9.42. The number of furan rings is 1. The Labute approximate surface area is 126 Å². The molecule has 0 unspecified atom stereocenters. The van der Waals surface area contributed by atoms with Gasteiger partial charge in [0.05, 0.1) is 19.3 Å². The van der Waals surface area contributed by atoms with Crippen molar-refractivity contribution in [3.8, 4) is 0 Å². The summed E-state index contributed by atoms with van der Waals surface area (Å²) in [6.07, 6.45) is -0.455. The van der Waals surface area contributed by atoms with Crippen molar-refractivity contribution >= 4 is 0 Å². The van der Waals surface area contributed by atoms with Crippen molar-refractivity contribution in [2.45, 2.75) is 46.3 Å². The Kier molecular flexibility index (Phi) is 5.81. The zero-order chi connectivity index (χ0) is 15.4. The van der Waals surface area contributed by atoms with Crippen LogP contribution in [0.1, 0.15) is 32.3 Å². The topological polar surface area (TPSA) is 63.9 Å². The molecule has 1 aliphatic heterocycles. The van der Waals surface area contributed by atoms with Crippen molar-refractivity contribution in [1.29, 1.82) is 0 Å². The lowest BCUT2D eigenvalue weighted by atomic mass is 9.79. The minimum Gasteiger partial charge on any atom is -0.462 e. The molecule has 0 amide bonds. The molecule has 21 heavy (non-hydrogen) atoms. The summed E-state index contributed by atoms with van der Waals surface area (Å²) in [7, 11) is 1.88. The number of nitrogens with one attached hydrogen (secondary N) is 1. The molecule has 1 fully saturated rings. The molecule has 2 rings (SSSR count). The molecule has 2 heterocycles. The number of rotatable bonds is 6. The molecule has 120 valence electrons. The Morgan fingerprint density at radius 3 is 2.52 bits per heavy atom. The second-order valence-corrected chi connectivity index (χ2v) is 6.01. The van der Waals surface area contributed by atoms with Crippen molar-refractivity contribution in [2.24, 2.45) is 17.8 Å². The highest BCUT2D eigenvalue weighted by atomic mass is 16.7. The Morgan fingerprint density at radius 1 is 1.14 bits per heavy atom. The first-order valence-electron chi connectivity index (χ1n) is 7.67. The maximum atomic E-state index is 9.42. The zero-order valence-corrected chi connectivity index (χ0v) is 13.3. The summed E-state index contributed by atoms with van der Waals surface area (Å²) in [5, 5.41) is 12.5. The molecule has 0 radical (unpaired) electrons. The predicted molar refractivity (Wildman–Crippen MR) is 79.5 cm³/mol. The fourth-order valence-corrected chi connectivity index (χ4v) is 2.82. The summed E-state index contributed by atoms with van der Waals surface area (Å²) in [5.74, 6) is 2.74. The Hall–Kier alpha value is -0.880. The summed E-state index contributed by atoms with van der Waals surface area (Å²) in [6.45, 7) is 7.57. The van der Waals surface area contributed by atoms with E-state index in [1.165, 1.54) is 0 Å². The van der Waals surface area contributed by atoms with Gasteiger partial charge >= 0.3 is 0 Å². The highest BCUT2D eigenvalue weighted by Crippen LogP contribution is 2.35. The summed E-state index contributed by atoms with van der Waals surface area (Å²) in [4.78, 5) is 0. The van der Waals surface area contributed by atoms with Crippen LogP contribution >= 0.6 is 0 Å². The molecule has 0 aliphatic carbocycles. The number of aliphatic hydroxyl groups excluding tert-OH is 1. The average Bonchev–Trinajstić information content (AvgIpc) is 2.92. The minimum atomic E-state index is -0.300. The highest BCUT2D eigenvalue weighted by Gasteiger charge is 2.39. The molecule has 0 saturated carbocycles. The van der Waals surface area contributed by atoms with Crippen LogP contribution in [0.25, 0.3) is 0 Å². The van der Waals surface area contributed by atoms with Gasteiger partial charge in [0.15, 0.2) is 6.29 Å². The Morgan fingerprint density at radius 2 is 1.86 bits per heavy atom. The standard InChI is InChI=1S/C16H27NO4/c1-10-11(2)15(8-18)21-16(12(10)3)19-9-14-6-5-13(20-14)7-17-4/h5-6,10-12,15-18H,7-9H2,1-4H3/t10-,11-,12+,15+,16-/m0/s1. The van der Waals surface area contributed by atoms with E-state index in [1.807, 2.05) is 19.2 Å². The molecule has 1 aromatic heterocycles. The van der Waals surface area contributed by atoms with Gasteiger partial charge in [-0.2, -0.15) is 0 Å². The molecule has 0 aromatic carbocycles. The molecule has 1 aromatic rings.